The first kappa shape index (κ1) is 17.6. The molecule has 130 valence electrons. The van der Waals surface area contributed by atoms with Crippen LogP contribution in [0.25, 0.3) is 10.9 Å². The van der Waals surface area contributed by atoms with Gasteiger partial charge in [0.15, 0.2) is 0 Å². The van der Waals surface area contributed by atoms with Gasteiger partial charge in [0, 0.05) is 4.47 Å². The van der Waals surface area contributed by atoms with Gasteiger partial charge in [-0.3, -0.25) is 9.36 Å². The number of hydrogen-bond donors (Lipinski definition) is 1. The Morgan fingerprint density at radius 1 is 1.24 bits per heavy atom. The Kier molecular flexibility index (Phi) is 5.20. The normalized spacial score (nSPS) is 12.3. The maximum Gasteiger partial charge on any atom is 0.261 e. The maximum absolute atomic E-state index is 12.5. The minimum Gasteiger partial charge on any atom is -0.490 e. The van der Waals surface area contributed by atoms with E-state index < -0.39 is 6.10 Å². The lowest BCUT2D eigenvalue weighted by molar-refractivity contribution is 0.0908. The summed E-state index contributed by atoms with van der Waals surface area (Å²) in [6, 6.07) is 11.2. The van der Waals surface area contributed by atoms with E-state index in [0.717, 1.165) is 21.3 Å². The Bertz CT molecular complexity index is 948. The number of rotatable bonds is 5. The van der Waals surface area contributed by atoms with Crippen LogP contribution >= 0.6 is 15.9 Å². The summed E-state index contributed by atoms with van der Waals surface area (Å²) < 4.78 is 7.98. The van der Waals surface area contributed by atoms with Gasteiger partial charge < -0.3 is 9.84 Å². The Balaban J connectivity index is 1.75. The van der Waals surface area contributed by atoms with E-state index in [1.54, 1.807) is 12.1 Å². The molecule has 1 N–H and O–H groups in total. The minimum absolute atomic E-state index is 0.106. The molecule has 0 aliphatic heterocycles. The molecular weight excluding hydrogens is 384 g/mol. The molecule has 0 fully saturated rings. The number of aliphatic hydroxyl groups excluding tert-OH is 1. The van der Waals surface area contributed by atoms with Crippen LogP contribution in [0.4, 0.5) is 0 Å². The van der Waals surface area contributed by atoms with Crippen molar-refractivity contribution in [1.82, 2.24) is 9.55 Å². The molecule has 0 amide bonds. The van der Waals surface area contributed by atoms with Crippen LogP contribution in [0.5, 0.6) is 5.75 Å². The van der Waals surface area contributed by atoms with Gasteiger partial charge in [0.05, 0.1) is 23.8 Å². The second-order valence-corrected chi connectivity index (χ2v) is 6.96. The van der Waals surface area contributed by atoms with Crippen molar-refractivity contribution >= 4 is 26.8 Å². The summed E-state index contributed by atoms with van der Waals surface area (Å²) in [5.74, 6) is 0.773. The van der Waals surface area contributed by atoms with E-state index in [9.17, 15) is 9.90 Å². The van der Waals surface area contributed by atoms with E-state index >= 15 is 0 Å². The lowest BCUT2D eigenvalue weighted by Gasteiger charge is -2.16. The zero-order valence-electron chi connectivity index (χ0n) is 14.1. The van der Waals surface area contributed by atoms with Gasteiger partial charge >= 0.3 is 0 Å². The van der Waals surface area contributed by atoms with Crippen LogP contribution in [-0.2, 0) is 6.54 Å². The van der Waals surface area contributed by atoms with E-state index in [2.05, 4.69) is 20.9 Å². The van der Waals surface area contributed by atoms with Crippen molar-refractivity contribution in [3.63, 3.8) is 0 Å². The molecule has 0 aliphatic rings. The average Bonchev–Trinajstić information content (AvgIpc) is 2.57. The van der Waals surface area contributed by atoms with Crippen LogP contribution in [-0.4, -0.2) is 27.4 Å². The number of aryl methyl sites for hydroxylation is 2. The molecule has 3 aromatic rings. The van der Waals surface area contributed by atoms with Crippen LogP contribution in [0.1, 0.15) is 11.1 Å². The molecule has 1 heterocycles. The summed E-state index contributed by atoms with van der Waals surface area (Å²) in [7, 11) is 0. The van der Waals surface area contributed by atoms with Crippen LogP contribution in [0, 0.1) is 13.8 Å². The number of ether oxygens (including phenoxy) is 1. The molecule has 3 rings (SSSR count). The van der Waals surface area contributed by atoms with Crippen molar-refractivity contribution in [3.05, 3.63) is 68.7 Å². The van der Waals surface area contributed by atoms with Crippen molar-refractivity contribution in [2.24, 2.45) is 0 Å². The van der Waals surface area contributed by atoms with Crippen molar-refractivity contribution in [3.8, 4) is 5.75 Å². The monoisotopic (exact) mass is 402 g/mol. The van der Waals surface area contributed by atoms with Crippen LogP contribution in [0.3, 0.4) is 0 Å². The van der Waals surface area contributed by atoms with Gasteiger partial charge in [-0.05, 0) is 43.2 Å². The fraction of sp³-hybridized carbons (Fsp3) is 0.263. The van der Waals surface area contributed by atoms with E-state index in [4.69, 9.17) is 4.74 Å². The van der Waals surface area contributed by atoms with Gasteiger partial charge in [0.2, 0.25) is 0 Å². The molecule has 2 aromatic carbocycles. The van der Waals surface area contributed by atoms with Crippen molar-refractivity contribution in [2.75, 3.05) is 6.61 Å². The Morgan fingerprint density at radius 3 is 2.68 bits per heavy atom. The molecule has 6 heteroatoms. The molecule has 0 spiro atoms. The molecule has 1 aromatic heterocycles. The van der Waals surface area contributed by atoms with E-state index in [-0.39, 0.29) is 18.7 Å². The molecule has 0 aliphatic carbocycles. The summed E-state index contributed by atoms with van der Waals surface area (Å²) in [5, 5.41) is 10.8. The highest BCUT2D eigenvalue weighted by molar-refractivity contribution is 9.10. The number of benzene rings is 2. The smallest absolute Gasteiger partial charge is 0.261 e. The minimum atomic E-state index is -0.817. The maximum atomic E-state index is 12.5. The number of aromatic nitrogens is 2. The number of para-hydroxylation sites is 1. The predicted molar refractivity (Wildman–Crippen MR) is 101 cm³/mol. The summed E-state index contributed by atoms with van der Waals surface area (Å²) in [4.78, 5) is 16.8. The Morgan fingerprint density at radius 2 is 1.96 bits per heavy atom. The van der Waals surface area contributed by atoms with Crippen LogP contribution in [0.15, 0.2) is 52.0 Å². The van der Waals surface area contributed by atoms with Crippen LogP contribution < -0.4 is 10.3 Å². The number of aliphatic hydroxyl groups is 1. The molecule has 0 saturated heterocycles. The molecule has 0 radical (unpaired) electrons. The molecule has 0 bridgehead atoms. The first-order valence-electron chi connectivity index (χ1n) is 7.97. The quantitative estimate of drug-likeness (QED) is 0.711. The summed E-state index contributed by atoms with van der Waals surface area (Å²) in [6.45, 7) is 4.16. The van der Waals surface area contributed by atoms with Gasteiger partial charge in [-0.15, -0.1) is 0 Å². The van der Waals surface area contributed by atoms with Gasteiger partial charge in [-0.1, -0.05) is 34.1 Å². The second kappa shape index (κ2) is 7.37. The van der Waals surface area contributed by atoms with Crippen molar-refractivity contribution < 1.29 is 9.84 Å². The first-order chi connectivity index (χ1) is 12.0. The van der Waals surface area contributed by atoms with Gasteiger partial charge in [-0.2, -0.15) is 0 Å². The molecule has 1 atom stereocenters. The van der Waals surface area contributed by atoms with E-state index in [1.165, 1.54) is 10.9 Å². The van der Waals surface area contributed by atoms with Crippen molar-refractivity contribution in [2.45, 2.75) is 26.5 Å². The topological polar surface area (TPSA) is 64.3 Å². The molecule has 0 unspecified atom stereocenters. The number of fused-ring (bicyclic) bond motifs is 1. The SMILES string of the molecule is Cc1cccc(C)c1OC[C@@H](O)Cn1cnc2ccc(Br)cc2c1=O. The van der Waals surface area contributed by atoms with Crippen LogP contribution in [0.2, 0.25) is 0 Å². The van der Waals surface area contributed by atoms with Crippen molar-refractivity contribution in [1.29, 1.82) is 0 Å². The van der Waals surface area contributed by atoms with Gasteiger partial charge in [0.1, 0.15) is 18.5 Å². The predicted octanol–water partition coefficient (Wildman–Crippen LogP) is 3.22. The van der Waals surface area contributed by atoms with Gasteiger partial charge in [-0.25, -0.2) is 4.98 Å². The average molecular weight is 403 g/mol. The fourth-order valence-corrected chi connectivity index (χ4v) is 3.11. The number of halogens is 1. The number of nitrogens with zero attached hydrogens (tertiary/aromatic N) is 2. The lowest BCUT2D eigenvalue weighted by Crippen LogP contribution is -2.30. The molecule has 25 heavy (non-hydrogen) atoms. The highest BCUT2D eigenvalue weighted by atomic mass is 79.9. The standard InChI is InChI=1S/C19H19BrN2O3/c1-12-4-3-5-13(2)18(12)25-10-15(23)9-22-11-21-17-7-6-14(20)8-16(17)19(22)24/h3-8,11,15,23H,9-10H2,1-2H3/t15-/m0/s1. The number of hydrogen-bond acceptors (Lipinski definition) is 4. The largest absolute Gasteiger partial charge is 0.490 e. The van der Waals surface area contributed by atoms with E-state index in [0.29, 0.717) is 10.9 Å². The highest BCUT2D eigenvalue weighted by Crippen LogP contribution is 2.22. The third-order valence-electron chi connectivity index (χ3n) is 4.02. The molecular formula is C19H19BrN2O3. The van der Waals surface area contributed by atoms with Gasteiger partial charge in [0.25, 0.3) is 5.56 Å². The zero-order chi connectivity index (χ0) is 18.0. The lowest BCUT2D eigenvalue weighted by atomic mass is 10.1. The third-order valence-corrected chi connectivity index (χ3v) is 4.52. The highest BCUT2D eigenvalue weighted by Gasteiger charge is 2.12. The first-order valence-corrected chi connectivity index (χ1v) is 8.77. The molecule has 0 saturated carbocycles. The Labute approximate surface area is 154 Å². The van der Waals surface area contributed by atoms with E-state index in [1.807, 2.05) is 38.1 Å². The summed E-state index contributed by atoms with van der Waals surface area (Å²) in [6.07, 6.45) is 0.643. The second-order valence-electron chi connectivity index (χ2n) is 6.05. The summed E-state index contributed by atoms with van der Waals surface area (Å²) >= 11 is 3.36. The Hall–Kier alpha value is -2.18. The third kappa shape index (κ3) is 3.91. The summed E-state index contributed by atoms with van der Waals surface area (Å²) in [5.41, 5.74) is 2.48. The zero-order valence-corrected chi connectivity index (χ0v) is 15.7. The fourth-order valence-electron chi connectivity index (χ4n) is 2.75. The molecule has 5 nitrogen and oxygen atoms in total.